The molecule has 0 unspecified atom stereocenters. The minimum Gasteiger partial charge on any atom is -0.331 e. The summed E-state index contributed by atoms with van der Waals surface area (Å²) in [5.74, 6) is -0.392. The molecule has 144 valence electrons. The molecule has 1 aromatic carbocycles. The molecule has 2 aliphatic rings. The van der Waals surface area contributed by atoms with Crippen molar-refractivity contribution in [2.24, 2.45) is 11.8 Å². The summed E-state index contributed by atoms with van der Waals surface area (Å²) in [7, 11) is 2.88. The van der Waals surface area contributed by atoms with Crippen molar-refractivity contribution >= 4 is 16.2 Å². The second-order valence-corrected chi connectivity index (χ2v) is 9.50. The van der Waals surface area contributed by atoms with Gasteiger partial charge in [-0.15, -0.1) is 0 Å². The third-order valence-electron chi connectivity index (χ3n) is 5.24. The average molecular weight is 384 g/mol. The van der Waals surface area contributed by atoms with Crippen molar-refractivity contribution in [3.63, 3.8) is 0 Å². The molecule has 2 aliphatic heterocycles. The Morgan fingerprint density at radius 1 is 1.15 bits per heavy atom. The summed E-state index contributed by atoms with van der Waals surface area (Å²) in [6.07, 6.45) is 0. The van der Waals surface area contributed by atoms with Gasteiger partial charge in [0.05, 0.1) is 6.04 Å². The normalized spacial score (nSPS) is 26.4. The number of carbonyl (C=O) groups is 1. The SMILES string of the molecule is CN(C)C(=O)N1C[C@H]2CN(S(=O)(=O)N(C)C)C[C@H]2[C@H]1c1cccc(F)c1. The van der Waals surface area contributed by atoms with Gasteiger partial charge in [-0.05, 0) is 23.6 Å². The molecule has 1 aromatic rings. The maximum absolute atomic E-state index is 13.8. The van der Waals surface area contributed by atoms with Crippen LogP contribution in [0.2, 0.25) is 0 Å². The van der Waals surface area contributed by atoms with Gasteiger partial charge in [0.25, 0.3) is 10.2 Å². The van der Waals surface area contributed by atoms with Crippen LogP contribution in [0.15, 0.2) is 24.3 Å². The van der Waals surface area contributed by atoms with Crippen LogP contribution in [0.3, 0.4) is 0 Å². The highest BCUT2D eigenvalue weighted by molar-refractivity contribution is 7.86. The van der Waals surface area contributed by atoms with E-state index in [4.69, 9.17) is 0 Å². The average Bonchev–Trinajstić information content (AvgIpc) is 3.11. The molecule has 3 atom stereocenters. The first-order valence-electron chi connectivity index (χ1n) is 8.54. The number of likely N-dealkylation sites (tertiary alicyclic amines) is 1. The first kappa shape index (κ1) is 19.1. The molecular formula is C17H25FN4O3S. The summed E-state index contributed by atoms with van der Waals surface area (Å²) < 4.78 is 41.4. The Bertz CT molecular complexity index is 799. The zero-order valence-corrected chi connectivity index (χ0v) is 16.3. The van der Waals surface area contributed by atoms with E-state index in [0.29, 0.717) is 25.2 Å². The molecule has 2 amide bonds. The predicted octanol–water partition coefficient (Wildman–Crippen LogP) is 1.22. The lowest BCUT2D eigenvalue weighted by Gasteiger charge is -2.32. The van der Waals surface area contributed by atoms with Gasteiger partial charge >= 0.3 is 6.03 Å². The van der Waals surface area contributed by atoms with Crippen molar-refractivity contribution in [2.45, 2.75) is 6.04 Å². The number of urea groups is 1. The monoisotopic (exact) mass is 384 g/mol. The summed E-state index contributed by atoms with van der Waals surface area (Å²) in [5, 5.41) is 0. The summed E-state index contributed by atoms with van der Waals surface area (Å²) in [5.41, 5.74) is 0.705. The minimum atomic E-state index is -3.51. The van der Waals surface area contributed by atoms with E-state index in [0.717, 1.165) is 0 Å². The summed E-state index contributed by atoms with van der Waals surface area (Å²) in [4.78, 5) is 15.9. The Kier molecular flexibility index (Phi) is 4.98. The number of benzene rings is 1. The van der Waals surface area contributed by atoms with E-state index in [1.807, 2.05) is 0 Å². The molecule has 0 aromatic heterocycles. The van der Waals surface area contributed by atoms with E-state index in [2.05, 4.69) is 0 Å². The van der Waals surface area contributed by atoms with Crippen LogP contribution in [0.5, 0.6) is 0 Å². The third-order valence-corrected chi connectivity index (χ3v) is 7.11. The minimum absolute atomic E-state index is 0.0295. The van der Waals surface area contributed by atoms with Crippen LogP contribution in [-0.2, 0) is 10.2 Å². The standard InChI is InChI=1S/C17H25FN4O3S/c1-19(2)17(23)22-10-13-9-21(26(24,25)20(3)4)11-15(13)16(22)12-6-5-7-14(18)8-12/h5-8,13,15-16H,9-11H2,1-4H3/t13-,15-,16-/m1/s1. The first-order chi connectivity index (χ1) is 12.1. The fourth-order valence-electron chi connectivity index (χ4n) is 3.99. The molecule has 0 radical (unpaired) electrons. The largest absolute Gasteiger partial charge is 0.331 e. The Morgan fingerprint density at radius 3 is 2.42 bits per heavy atom. The van der Waals surface area contributed by atoms with Crippen molar-refractivity contribution in [2.75, 3.05) is 47.8 Å². The summed E-state index contributed by atoms with van der Waals surface area (Å²) in [6, 6.07) is 5.75. The topological polar surface area (TPSA) is 64.2 Å². The number of carbonyl (C=O) groups excluding carboxylic acids is 1. The van der Waals surface area contributed by atoms with Crippen LogP contribution in [0, 0.1) is 17.7 Å². The number of nitrogens with zero attached hydrogens (tertiary/aromatic N) is 4. The van der Waals surface area contributed by atoms with Gasteiger partial charge in [-0.2, -0.15) is 17.0 Å². The zero-order chi connectivity index (χ0) is 19.2. The molecule has 26 heavy (non-hydrogen) atoms. The number of fused-ring (bicyclic) bond motifs is 1. The predicted molar refractivity (Wildman–Crippen MR) is 96.1 cm³/mol. The second kappa shape index (κ2) is 6.79. The van der Waals surface area contributed by atoms with Gasteiger partial charge in [-0.1, -0.05) is 12.1 Å². The van der Waals surface area contributed by atoms with Gasteiger partial charge < -0.3 is 9.80 Å². The molecule has 2 saturated heterocycles. The van der Waals surface area contributed by atoms with Crippen molar-refractivity contribution in [3.05, 3.63) is 35.6 Å². The molecule has 2 fully saturated rings. The fourth-order valence-corrected chi connectivity index (χ4v) is 5.20. The molecule has 0 N–H and O–H groups in total. The molecule has 9 heteroatoms. The number of rotatable bonds is 3. The zero-order valence-electron chi connectivity index (χ0n) is 15.5. The Balaban J connectivity index is 1.95. The number of amides is 2. The van der Waals surface area contributed by atoms with E-state index >= 15 is 0 Å². The van der Waals surface area contributed by atoms with Gasteiger partial charge in [0.2, 0.25) is 0 Å². The van der Waals surface area contributed by atoms with E-state index < -0.39 is 10.2 Å². The molecular weight excluding hydrogens is 359 g/mol. The second-order valence-electron chi connectivity index (χ2n) is 7.36. The maximum atomic E-state index is 13.8. The van der Waals surface area contributed by atoms with Gasteiger partial charge in [0.1, 0.15) is 5.82 Å². The van der Waals surface area contributed by atoms with Crippen molar-refractivity contribution in [3.8, 4) is 0 Å². The fraction of sp³-hybridized carbons (Fsp3) is 0.588. The van der Waals surface area contributed by atoms with Gasteiger partial charge in [0, 0.05) is 53.7 Å². The highest BCUT2D eigenvalue weighted by Crippen LogP contribution is 2.46. The van der Waals surface area contributed by atoms with E-state index in [9.17, 15) is 17.6 Å². The Hall–Kier alpha value is -1.71. The lowest BCUT2D eigenvalue weighted by molar-refractivity contribution is 0.156. The van der Waals surface area contributed by atoms with Crippen LogP contribution in [0.25, 0.3) is 0 Å². The molecule has 0 saturated carbocycles. The smallest absolute Gasteiger partial charge is 0.320 e. The highest BCUT2D eigenvalue weighted by Gasteiger charge is 2.52. The molecule has 0 spiro atoms. The summed E-state index contributed by atoms with van der Waals surface area (Å²) >= 11 is 0. The molecule has 0 bridgehead atoms. The van der Waals surface area contributed by atoms with Crippen LogP contribution in [0.1, 0.15) is 11.6 Å². The Labute approximate surface area is 154 Å². The van der Waals surface area contributed by atoms with Crippen LogP contribution in [0.4, 0.5) is 9.18 Å². The number of hydrogen-bond donors (Lipinski definition) is 0. The van der Waals surface area contributed by atoms with Crippen LogP contribution >= 0.6 is 0 Å². The quantitative estimate of drug-likeness (QED) is 0.787. The lowest BCUT2D eigenvalue weighted by Crippen LogP contribution is -2.44. The van der Waals surface area contributed by atoms with Crippen LogP contribution < -0.4 is 0 Å². The first-order valence-corrected chi connectivity index (χ1v) is 9.93. The summed E-state index contributed by atoms with van der Waals surface area (Å²) in [6.45, 7) is 1.15. The van der Waals surface area contributed by atoms with Gasteiger partial charge in [0.15, 0.2) is 0 Å². The van der Waals surface area contributed by atoms with E-state index in [1.54, 1.807) is 31.1 Å². The van der Waals surface area contributed by atoms with Crippen molar-refractivity contribution < 1.29 is 17.6 Å². The Morgan fingerprint density at radius 2 is 1.85 bits per heavy atom. The maximum Gasteiger partial charge on any atom is 0.320 e. The highest BCUT2D eigenvalue weighted by atomic mass is 32.2. The molecule has 3 rings (SSSR count). The molecule has 2 heterocycles. The van der Waals surface area contributed by atoms with Gasteiger partial charge in [-0.3, -0.25) is 0 Å². The van der Waals surface area contributed by atoms with E-state index in [-0.39, 0.29) is 29.7 Å². The lowest BCUT2D eigenvalue weighted by atomic mass is 9.89. The van der Waals surface area contributed by atoms with Crippen molar-refractivity contribution in [1.82, 2.24) is 18.4 Å². The third kappa shape index (κ3) is 3.19. The number of halogens is 1. The van der Waals surface area contributed by atoms with E-state index in [1.165, 1.54) is 39.7 Å². The van der Waals surface area contributed by atoms with Crippen LogP contribution in [-0.4, -0.2) is 80.7 Å². The number of hydrogen-bond acceptors (Lipinski definition) is 3. The van der Waals surface area contributed by atoms with Gasteiger partial charge in [-0.25, -0.2) is 9.18 Å². The molecule has 0 aliphatic carbocycles. The van der Waals surface area contributed by atoms with Crippen molar-refractivity contribution in [1.29, 1.82) is 0 Å². The molecule has 7 nitrogen and oxygen atoms in total.